The Morgan fingerprint density at radius 3 is 1.80 bits per heavy atom. The fourth-order valence-electron chi connectivity index (χ4n) is 2.40. The maximum Gasteiger partial charge on any atom is 0.338 e. The number of carbonyl (C=O) groups is 1. The summed E-state index contributed by atoms with van der Waals surface area (Å²) in [7, 11) is 0. The van der Waals surface area contributed by atoms with Crippen LogP contribution in [0.1, 0.15) is 23.2 Å². The fourth-order valence-corrected chi connectivity index (χ4v) is 2.40. The van der Waals surface area contributed by atoms with Crippen LogP contribution in [0.25, 0.3) is 0 Å². The van der Waals surface area contributed by atoms with Crippen molar-refractivity contribution in [1.82, 2.24) is 0 Å². The van der Waals surface area contributed by atoms with E-state index in [0.29, 0.717) is 0 Å². The molecule has 0 bridgehead atoms. The van der Waals surface area contributed by atoms with Crippen molar-refractivity contribution in [3.05, 3.63) is 60.2 Å². The van der Waals surface area contributed by atoms with Gasteiger partial charge in [0.05, 0.1) is 10.5 Å². The molecular weight excluding hydrogens is 346 g/mol. The Morgan fingerprint density at radius 2 is 1.40 bits per heavy atom. The van der Waals surface area contributed by atoms with Crippen molar-refractivity contribution in [2.45, 2.75) is 31.2 Å². The van der Waals surface area contributed by atoms with Crippen LogP contribution >= 0.6 is 0 Å². The molecule has 0 aliphatic heterocycles. The molecule has 1 aliphatic carbocycles. The molecule has 25 heavy (non-hydrogen) atoms. The van der Waals surface area contributed by atoms with E-state index in [1.165, 1.54) is 12.1 Å². The highest BCUT2D eigenvalue weighted by atomic mass is 17.0. The number of nitro groups is 1. The van der Waals surface area contributed by atoms with E-state index in [-0.39, 0.29) is 24.1 Å². The summed E-state index contributed by atoms with van der Waals surface area (Å²) in [5, 5.41) is 29.2. The minimum absolute atomic E-state index is 0.0241. The second-order valence-corrected chi connectivity index (χ2v) is 5.04. The van der Waals surface area contributed by atoms with Crippen molar-refractivity contribution >= 4 is 11.7 Å². The number of non-ortho nitro benzene ring substituents is 1. The van der Waals surface area contributed by atoms with Crippen LogP contribution in [0, 0.1) is 30.3 Å². The van der Waals surface area contributed by atoms with E-state index in [1.54, 1.807) is 0 Å². The lowest BCUT2D eigenvalue weighted by Gasteiger charge is -2.14. The Balaban J connectivity index is 2.01. The summed E-state index contributed by atoms with van der Waals surface area (Å²) >= 11 is 0. The van der Waals surface area contributed by atoms with Crippen molar-refractivity contribution in [1.29, 1.82) is 0 Å². The minimum Gasteiger partial charge on any atom is -0.459 e. The van der Waals surface area contributed by atoms with E-state index in [2.05, 4.69) is 9.68 Å². The Hall–Kier alpha value is -3.51. The van der Waals surface area contributed by atoms with Gasteiger partial charge in [-0.15, -0.1) is 20.2 Å². The van der Waals surface area contributed by atoms with Gasteiger partial charge in [-0.05, 0) is 12.1 Å². The Kier molecular flexibility index (Phi) is 5.26. The molecule has 1 fully saturated rings. The number of esters is 1. The molecule has 1 saturated carbocycles. The van der Waals surface area contributed by atoms with Gasteiger partial charge in [-0.25, -0.2) is 4.79 Å². The van der Waals surface area contributed by atoms with Crippen LogP contribution in [0.3, 0.4) is 0 Å². The molecule has 0 heterocycles. The molecule has 13 heteroatoms. The van der Waals surface area contributed by atoms with Crippen molar-refractivity contribution in [3.8, 4) is 0 Å². The fraction of sp³-hybridized carbons (Fsp3) is 0.417. The van der Waals surface area contributed by atoms with Crippen LogP contribution < -0.4 is 0 Å². The molecule has 1 aromatic rings. The molecule has 13 nitrogen and oxygen atoms in total. The predicted octanol–water partition coefficient (Wildman–Crippen LogP) is 1.07. The third-order valence-electron chi connectivity index (χ3n) is 3.44. The van der Waals surface area contributed by atoms with Gasteiger partial charge in [0.1, 0.15) is 18.3 Å². The van der Waals surface area contributed by atoms with Crippen molar-refractivity contribution in [2.75, 3.05) is 0 Å². The highest BCUT2D eigenvalue weighted by molar-refractivity contribution is 5.89. The second kappa shape index (κ2) is 7.37. The number of rotatable bonds is 7. The summed E-state index contributed by atoms with van der Waals surface area (Å²) in [6.07, 6.45) is -3.75. The van der Waals surface area contributed by atoms with Crippen LogP contribution in [-0.2, 0) is 14.4 Å². The van der Waals surface area contributed by atoms with Crippen molar-refractivity contribution in [3.63, 3.8) is 0 Å². The summed E-state index contributed by atoms with van der Waals surface area (Å²) < 4.78 is 5.11. The van der Waals surface area contributed by atoms with Crippen LogP contribution in [0.15, 0.2) is 24.3 Å². The van der Waals surface area contributed by atoms with Gasteiger partial charge >= 0.3 is 5.97 Å². The minimum atomic E-state index is -1.25. The highest BCUT2D eigenvalue weighted by Crippen LogP contribution is 2.29. The maximum atomic E-state index is 12.0. The summed E-state index contributed by atoms with van der Waals surface area (Å²) in [6.45, 7) is 0. The molecule has 1 aromatic carbocycles. The molecular formula is C12H11N3O10. The zero-order valence-electron chi connectivity index (χ0n) is 12.4. The van der Waals surface area contributed by atoms with Crippen LogP contribution in [-0.4, -0.2) is 39.4 Å². The first kappa shape index (κ1) is 17.8. The first-order valence-corrected chi connectivity index (χ1v) is 6.84. The standard InChI is InChI=1S/C12H11N3O10/c16-12(7-1-3-8(4-2-7)13(17)18)23-9-5-10(24-14(19)20)11(6-9)25-15(21)22/h1-4,9-11H,5-6H2/t9?,10-,11?/m0/s1. The van der Waals surface area contributed by atoms with E-state index in [9.17, 15) is 35.1 Å². The third-order valence-corrected chi connectivity index (χ3v) is 3.44. The third kappa shape index (κ3) is 4.73. The van der Waals surface area contributed by atoms with E-state index < -0.39 is 39.4 Å². The largest absolute Gasteiger partial charge is 0.459 e. The maximum absolute atomic E-state index is 12.0. The normalized spacial score (nSPS) is 22.0. The summed E-state index contributed by atoms with van der Waals surface area (Å²) in [4.78, 5) is 51.4. The zero-order chi connectivity index (χ0) is 18.6. The number of nitrogens with zero attached hydrogens (tertiary/aromatic N) is 3. The van der Waals surface area contributed by atoms with E-state index in [0.717, 1.165) is 12.1 Å². The number of benzene rings is 1. The lowest BCUT2D eigenvalue weighted by molar-refractivity contribution is -0.797. The lowest BCUT2D eigenvalue weighted by Crippen LogP contribution is -2.30. The quantitative estimate of drug-likeness (QED) is 0.390. The van der Waals surface area contributed by atoms with Crippen molar-refractivity contribution < 1.29 is 34.3 Å². The number of carbonyl (C=O) groups excluding carboxylic acids is 1. The first-order chi connectivity index (χ1) is 11.8. The topological polar surface area (TPSA) is 174 Å². The average molecular weight is 357 g/mol. The Labute approximate surface area is 138 Å². The lowest BCUT2D eigenvalue weighted by atomic mass is 10.2. The van der Waals surface area contributed by atoms with E-state index >= 15 is 0 Å². The molecule has 2 rings (SSSR count). The summed E-state index contributed by atoms with van der Waals surface area (Å²) in [5.41, 5.74) is -0.188. The van der Waals surface area contributed by atoms with E-state index in [4.69, 9.17) is 4.74 Å². The zero-order valence-corrected chi connectivity index (χ0v) is 12.4. The number of hydrogen-bond donors (Lipinski definition) is 0. The molecule has 3 atom stereocenters. The molecule has 0 spiro atoms. The van der Waals surface area contributed by atoms with Gasteiger partial charge in [-0.2, -0.15) is 0 Å². The van der Waals surface area contributed by atoms with Gasteiger partial charge in [-0.1, -0.05) is 0 Å². The van der Waals surface area contributed by atoms with Gasteiger partial charge in [0.25, 0.3) is 15.9 Å². The predicted molar refractivity (Wildman–Crippen MR) is 75.3 cm³/mol. The van der Waals surface area contributed by atoms with E-state index in [1.807, 2.05) is 0 Å². The van der Waals surface area contributed by atoms with Gasteiger partial charge < -0.3 is 14.4 Å². The Bertz CT molecular complexity index is 667. The molecule has 134 valence electrons. The number of hydrogen-bond acceptors (Lipinski definition) is 10. The summed E-state index contributed by atoms with van der Waals surface area (Å²) in [5.74, 6) is -0.832. The molecule has 2 unspecified atom stereocenters. The highest BCUT2D eigenvalue weighted by Gasteiger charge is 2.41. The monoisotopic (exact) mass is 357 g/mol. The number of ether oxygens (including phenoxy) is 1. The molecule has 0 N–H and O–H groups in total. The van der Waals surface area contributed by atoms with Crippen LogP contribution in [0.2, 0.25) is 0 Å². The van der Waals surface area contributed by atoms with Gasteiger partial charge in [-0.3, -0.25) is 10.1 Å². The average Bonchev–Trinajstić information content (AvgIpc) is 2.87. The van der Waals surface area contributed by atoms with Crippen LogP contribution in [0.5, 0.6) is 0 Å². The molecule has 0 aromatic heterocycles. The number of nitro benzene ring substituents is 1. The van der Waals surface area contributed by atoms with Crippen LogP contribution in [0.4, 0.5) is 5.69 Å². The molecule has 0 saturated heterocycles. The van der Waals surface area contributed by atoms with Gasteiger partial charge in [0, 0.05) is 25.0 Å². The van der Waals surface area contributed by atoms with Gasteiger partial charge in [0.2, 0.25) is 0 Å². The first-order valence-electron chi connectivity index (χ1n) is 6.84. The molecule has 1 aliphatic rings. The van der Waals surface area contributed by atoms with Crippen molar-refractivity contribution in [2.24, 2.45) is 0 Å². The smallest absolute Gasteiger partial charge is 0.338 e. The SMILES string of the molecule is O=C(OC1CC(O[N+](=O)[O-])[C@@H](O[N+](=O)[O-])C1)c1ccc([N+](=O)[O-])cc1. The Morgan fingerprint density at radius 1 is 0.920 bits per heavy atom. The molecule has 0 amide bonds. The van der Waals surface area contributed by atoms with Gasteiger partial charge in [0.15, 0.2) is 0 Å². The summed E-state index contributed by atoms with van der Waals surface area (Å²) in [6, 6.07) is 4.60. The second-order valence-electron chi connectivity index (χ2n) is 5.04. The molecule has 0 radical (unpaired) electrons.